The molecule has 1 heterocycles. The highest BCUT2D eigenvalue weighted by Gasteiger charge is 2.13. The first-order valence-corrected chi connectivity index (χ1v) is 6.01. The quantitative estimate of drug-likeness (QED) is 0.754. The molecule has 0 saturated carbocycles. The van der Waals surface area contributed by atoms with Crippen molar-refractivity contribution >= 4 is 37.4 Å². The van der Waals surface area contributed by atoms with Gasteiger partial charge in [0.2, 0.25) is 0 Å². The van der Waals surface area contributed by atoms with Crippen LogP contribution in [0.15, 0.2) is 18.2 Å². The van der Waals surface area contributed by atoms with Gasteiger partial charge in [0.25, 0.3) is 0 Å². The fourth-order valence-corrected chi connectivity index (χ4v) is 3.17. The molecule has 0 fully saturated rings. The number of fused-ring (bicyclic) bond motifs is 1. The molecular weight excluding hydrogens is 267 g/mol. The van der Waals surface area contributed by atoms with Gasteiger partial charge >= 0.3 is 0 Å². The average molecular weight is 275 g/mol. The summed E-state index contributed by atoms with van der Waals surface area (Å²) in [5, 5.41) is 1.33. The molecular formula is C10H8BrFOS. The van der Waals surface area contributed by atoms with Crippen LogP contribution < -0.4 is 4.74 Å². The summed E-state index contributed by atoms with van der Waals surface area (Å²) in [6, 6.07) is 5.63. The average Bonchev–Trinajstić information content (AvgIpc) is 2.52. The van der Waals surface area contributed by atoms with Crippen molar-refractivity contribution in [2.75, 3.05) is 7.11 Å². The fourth-order valence-electron chi connectivity index (χ4n) is 1.40. The molecule has 1 nitrogen and oxygen atoms in total. The van der Waals surface area contributed by atoms with Crippen LogP contribution in [0.1, 0.15) is 5.56 Å². The lowest BCUT2D eigenvalue weighted by Gasteiger charge is -2.00. The Kier molecular flexibility index (Phi) is 2.74. The molecule has 0 spiro atoms. The molecule has 0 aliphatic carbocycles. The van der Waals surface area contributed by atoms with E-state index < -0.39 is 0 Å². The first-order chi connectivity index (χ1) is 6.77. The molecule has 0 bridgehead atoms. The maximum Gasteiger partial charge on any atom is 0.181 e. The predicted molar refractivity (Wildman–Crippen MR) is 61.0 cm³/mol. The van der Waals surface area contributed by atoms with E-state index in [1.54, 1.807) is 7.11 Å². The molecule has 2 rings (SSSR count). The molecule has 0 N–H and O–H groups in total. The largest absolute Gasteiger partial charge is 0.495 e. The molecule has 0 saturated heterocycles. The van der Waals surface area contributed by atoms with Crippen molar-refractivity contribution in [1.82, 2.24) is 0 Å². The zero-order valence-electron chi connectivity index (χ0n) is 7.51. The highest BCUT2D eigenvalue weighted by Crippen LogP contribution is 2.37. The molecule has 0 radical (unpaired) electrons. The van der Waals surface area contributed by atoms with Crippen molar-refractivity contribution in [3.63, 3.8) is 0 Å². The van der Waals surface area contributed by atoms with Crippen LogP contribution >= 0.6 is 27.3 Å². The Hall–Kier alpha value is -0.610. The van der Waals surface area contributed by atoms with Gasteiger partial charge in [0.15, 0.2) is 5.13 Å². The van der Waals surface area contributed by atoms with Crippen LogP contribution in [0.5, 0.6) is 5.75 Å². The van der Waals surface area contributed by atoms with Crippen LogP contribution in [0.3, 0.4) is 0 Å². The summed E-state index contributed by atoms with van der Waals surface area (Å²) >= 11 is 4.41. The van der Waals surface area contributed by atoms with Gasteiger partial charge in [-0.05, 0) is 6.07 Å². The molecule has 0 aliphatic heterocycles. The van der Waals surface area contributed by atoms with Crippen molar-refractivity contribution in [2.24, 2.45) is 0 Å². The van der Waals surface area contributed by atoms with Crippen molar-refractivity contribution in [2.45, 2.75) is 5.33 Å². The smallest absolute Gasteiger partial charge is 0.181 e. The molecule has 1 aromatic carbocycles. The summed E-state index contributed by atoms with van der Waals surface area (Å²) in [5.74, 6) is 0.735. The van der Waals surface area contributed by atoms with Crippen LogP contribution in [0.4, 0.5) is 4.39 Å². The number of halogens is 2. The van der Waals surface area contributed by atoms with Crippen LogP contribution in [0.25, 0.3) is 10.1 Å². The number of hydrogen-bond donors (Lipinski definition) is 0. The number of methoxy groups -OCH3 is 1. The molecule has 0 aliphatic rings. The summed E-state index contributed by atoms with van der Waals surface area (Å²) in [6.45, 7) is 0. The number of benzene rings is 1. The third kappa shape index (κ3) is 1.42. The van der Waals surface area contributed by atoms with Gasteiger partial charge in [-0.1, -0.05) is 28.1 Å². The number of alkyl halides is 1. The number of rotatable bonds is 2. The molecule has 1 aromatic heterocycles. The highest BCUT2D eigenvalue weighted by atomic mass is 79.9. The van der Waals surface area contributed by atoms with Gasteiger partial charge in [-0.2, -0.15) is 4.39 Å². The van der Waals surface area contributed by atoms with E-state index >= 15 is 0 Å². The molecule has 74 valence electrons. The SMILES string of the molecule is COc1cccc2c(CBr)c(F)sc12. The van der Waals surface area contributed by atoms with E-state index in [0.717, 1.165) is 27.2 Å². The van der Waals surface area contributed by atoms with E-state index in [0.29, 0.717) is 10.9 Å². The van der Waals surface area contributed by atoms with E-state index in [2.05, 4.69) is 15.9 Å². The van der Waals surface area contributed by atoms with Crippen molar-refractivity contribution < 1.29 is 9.13 Å². The van der Waals surface area contributed by atoms with Gasteiger partial charge in [-0.15, -0.1) is 11.3 Å². The third-order valence-electron chi connectivity index (χ3n) is 2.09. The number of thiophene rings is 1. The first-order valence-electron chi connectivity index (χ1n) is 4.07. The maximum absolute atomic E-state index is 13.5. The molecule has 4 heteroatoms. The second-order valence-electron chi connectivity index (χ2n) is 2.82. The van der Waals surface area contributed by atoms with Crippen molar-refractivity contribution in [3.05, 3.63) is 28.9 Å². The lowest BCUT2D eigenvalue weighted by atomic mass is 10.2. The van der Waals surface area contributed by atoms with Gasteiger partial charge in [0, 0.05) is 16.3 Å². The number of hydrogen-bond acceptors (Lipinski definition) is 2. The van der Waals surface area contributed by atoms with Crippen LogP contribution in [0.2, 0.25) is 0 Å². The minimum absolute atomic E-state index is 0.138. The summed E-state index contributed by atoms with van der Waals surface area (Å²) in [5.41, 5.74) is 0.712. The maximum atomic E-state index is 13.5. The third-order valence-corrected chi connectivity index (χ3v) is 3.70. The molecule has 0 amide bonds. The van der Waals surface area contributed by atoms with Crippen LogP contribution in [0, 0.1) is 5.13 Å². The van der Waals surface area contributed by atoms with Crippen molar-refractivity contribution in [1.29, 1.82) is 0 Å². The Morgan fingerprint density at radius 1 is 1.50 bits per heavy atom. The molecule has 2 aromatic rings. The Morgan fingerprint density at radius 3 is 2.93 bits per heavy atom. The zero-order valence-corrected chi connectivity index (χ0v) is 9.91. The Morgan fingerprint density at radius 2 is 2.29 bits per heavy atom. The topological polar surface area (TPSA) is 9.23 Å². The second kappa shape index (κ2) is 3.87. The predicted octanol–water partition coefficient (Wildman–Crippen LogP) is 3.94. The number of ether oxygens (including phenoxy) is 1. The second-order valence-corrected chi connectivity index (χ2v) is 4.36. The van der Waals surface area contributed by atoms with Gasteiger partial charge in [0.05, 0.1) is 11.8 Å². The summed E-state index contributed by atoms with van der Waals surface area (Å²) in [4.78, 5) is 0. The summed E-state index contributed by atoms with van der Waals surface area (Å²) in [7, 11) is 1.60. The van der Waals surface area contributed by atoms with Crippen molar-refractivity contribution in [3.8, 4) is 5.75 Å². The minimum atomic E-state index is -0.138. The molecule has 0 unspecified atom stereocenters. The van der Waals surface area contributed by atoms with Gasteiger partial charge in [-0.25, -0.2) is 0 Å². The lowest BCUT2D eigenvalue weighted by molar-refractivity contribution is 0.420. The lowest BCUT2D eigenvalue weighted by Crippen LogP contribution is -1.82. The summed E-state index contributed by atoms with van der Waals surface area (Å²) in [6.07, 6.45) is 0. The van der Waals surface area contributed by atoms with E-state index in [1.807, 2.05) is 18.2 Å². The van der Waals surface area contributed by atoms with Gasteiger partial charge in [-0.3, -0.25) is 0 Å². The Labute approximate surface area is 93.6 Å². The first kappa shape index (κ1) is 9.93. The van der Waals surface area contributed by atoms with E-state index in [-0.39, 0.29) is 5.13 Å². The normalized spacial score (nSPS) is 10.8. The van der Waals surface area contributed by atoms with E-state index in [4.69, 9.17) is 4.74 Å². The highest BCUT2D eigenvalue weighted by molar-refractivity contribution is 9.08. The summed E-state index contributed by atoms with van der Waals surface area (Å²) < 4.78 is 19.5. The Balaban J connectivity index is 2.79. The fraction of sp³-hybridized carbons (Fsp3) is 0.200. The Bertz CT molecular complexity index is 466. The zero-order chi connectivity index (χ0) is 10.1. The van der Waals surface area contributed by atoms with Crippen LogP contribution in [-0.4, -0.2) is 7.11 Å². The molecule has 14 heavy (non-hydrogen) atoms. The van der Waals surface area contributed by atoms with Crippen LogP contribution in [-0.2, 0) is 5.33 Å². The minimum Gasteiger partial charge on any atom is -0.495 e. The van der Waals surface area contributed by atoms with E-state index in [1.165, 1.54) is 0 Å². The van der Waals surface area contributed by atoms with Gasteiger partial charge < -0.3 is 4.74 Å². The van der Waals surface area contributed by atoms with E-state index in [9.17, 15) is 4.39 Å². The molecule has 0 atom stereocenters. The van der Waals surface area contributed by atoms with Gasteiger partial charge in [0.1, 0.15) is 5.75 Å². The standard InChI is InChI=1S/C10H8BrFOS/c1-13-8-4-2-3-6-7(5-11)10(12)14-9(6)8/h2-4H,5H2,1H3. The monoisotopic (exact) mass is 274 g/mol.